The predicted octanol–water partition coefficient (Wildman–Crippen LogP) is 1.87. The number of hydrogen-bond acceptors (Lipinski definition) is 1. The quantitative estimate of drug-likeness (QED) is 0.560. The van der Waals surface area contributed by atoms with Gasteiger partial charge in [0.25, 0.3) is 0 Å². The van der Waals surface area contributed by atoms with E-state index in [2.05, 4.69) is 6.08 Å². The second-order valence-electron chi connectivity index (χ2n) is 2.81. The minimum absolute atomic E-state index is 0.144. The van der Waals surface area contributed by atoms with Crippen molar-refractivity contribution in [2.24, 2.45) is 0 Å². The van der Waals surface area contributed by atoms with E-state index >= 15 is 0 Å². The topological polar surface area (TPSA) is 20.2 Å². The number of allylic oxidation sites excluding steroid dienone is 1. The van der Waals surface area contributed by atoms with Crippen molar-refractivity contribution in [1.29, 1.82) is 0 Å². The monoisotopic (exact) mass is 126 g/mol. The first-order valence-corrected chi connectivity index (χ1v) is 3.65. The first kappa shape index (κ1) is 6.81. The summed E-state index contributed by atoms with van der Waals surface area (Å²) in [4.78, 5) is 0. The van der Waals surface area contributed by atoms with Crippen molar-refractivity contribution in [2.45, 2.75) is 38.7 Å². The molecule has 0 heterocycles. The molecule has 1 nitrogen and oxygen atoms in total. The standard InChI is InChI=1S/C8H14O/c1-7(9)6-8-4-2-3-5-8/h4,7,9H,2-3,5-6H2,1H3. The van der Waals surface area contributed by atoms with Crippen LogP contribution in [0.2, 0.25) is 0 Å². The molecule has 1 rings (SSSR count). The van der Waals surface area contributed by atoms with Gasteiger partial charge in [0, 0.05) is 0 Å². The van der Waals surface area contributed by atoms with E-state index in [4.69, 9.17) is 5.11 Å². The lowest BCUT2D eigenvalue weighted by molar-refractivity contribution is 0.194. The largest absolute Gasteiger partial charge is 0.393 e. The maximum absolute atomic E-state index is 8.97. The third-order valence-corrected chi connectivity index (χ3v) is 1.69. The van der Waals surface area contributed by atoms with E-state index in [-0.39, 0.29) is 6.10 Å². The first-order chi connectivity index (χ1) is 4.29. The lowest BCUT2D eigenvalue weighted by Crippen LogP contribution is -1.99. The minimum Gasteiger partial charge on any atom is -0.393 e. The summed E-state index contributed by atoms with van der Waals surface area (Å²) >= 11 is 0. The molecule has 0 fully saturated rings. The zero-order chi connectivity index (χ0) is 6.69. The molecule has 1 heteroatoms. The summed E-state index contributed by atoms with van der Waals surface area (Å²) in [5, 5.41) is 8.97. The van der Waals surface area contributed by atoms with Crippen LogP contribution in [0.25, 0.3) is 0 Å². The van der Waals surface area contributed by atoms with Crippen LogP contribution in [0.5, 0.6) is 0 Å². The second-order valence-corrected chi connectivity index (χ2v) is 2.81. The van der Waals surface area contributed by atoms with E-state index in [9.17, 15) is 0 Å². The minimum atomic E-state index is -0.144. The third-order valence-electron chi connectivity index (χ3n) is 1.69. The van der Waals surface area contributed by atoms with Crippen LogP contribution in [-0.4, -0.2) is 11.2 Å². The molecule has 0 aromatic rings. The lowest BCUT2D eigenvalue weighted by atomic mass is 10.1. The number of hydrogen-bond donors (Lipinski definition) is 1. The fraction of sp³-hybridized carbons (Fsp3) is 0.750. The van der Waals surface area contributed by atoms with Gasteiger partial charge in [-0.15, -0.1) is 0 Å². The van der Waals surface area contributed by atoms with Gasteiger partial charge in [-0.1, -0.05) is 11.6 Å². The van der Waals surface area contributed by atoms with Gasteiger partial charge in [0.2, 0.25) is 0 Å². The van der Waals surface area contributed by atoms with Crippen molar-refractivity contribution in [2.75, 3.05) is 0 Å². The SMILES string of the molecule is CC(O)CC1=CCCC1. The summed E-state index contributed by atoms with van der Waals surface area (Å²) in [6, 6.07) is 0. The van der Waals surface area contributed by atoms with Crippen molar-refractivity contribution in [3.05, 3.63) is 11.6 Å². The molecular formula is C8H14O. The average Bonchev–Trinajstić information content (AvgIpc) is 2.15. The molecule has 0 bridgehead atoms. The third kappa shape index (κ3) is 2.19. The Bertz CT molecular complexity index is 114. The van der Waals surface area contributed by atoms with Crippen molar-refractivity contribution in [3.8, 4) is 0 Å². The molecule has 1 aliphatic carbocycles. The molecule has 0 aromatic carbocycles. The van der Waals surface area contributed by atoms with Gasteiger partial charge >= 0.3 is 0 Å². The highest BCUT2D eigenvalue weighted by atomic mass is 16.3. The van der Waals surface area contributed by atoms with Crippen molar-refractivity contribution in [3.63, 3.8) is 0 Å². The molecular weight excluding hydrogens is 112 g/mol. The Kier molecular flexibility index (Phi) is 2.29. The molecule has 0 radical (unpaired) electrons. The van der Waals surface area contributed by atoms with Gasteiger partial charge in [-0.2, -0.15) is 0 Å². The highest BCUT2D eigenvalue weighted by Gasteiger charge is 2.05. The van der Waals surface area contributed by atoms with Crippen LogP contribution in [-0.2, 0) is 0 Å². The van der Waals surface area contributed by atoms with Gasteiger partial charge in [-0.05, 0) is 32.6 Å². The van der Waals surface area contributed by atoms with Gasteiger partial charge in [0.1, 0.15) is 0 Å². The Hall–Kier alpha value is -0.300. The summed E-state index contributed by atoms with van der Waals surface area (Å²) < 4.78 is 0. The summed E-state index contributed by atoms with van der Waals surface area (Å²) in [5.41, 5.74) is 1.45. The Labute approximate surface area is 56.4 Å². The number of aliphatic hydroxyl groups excluding tert-OH is 1. The van der Waals surface area contributed by atoms with E-state index in [1.54, 1.807) is 0 Å². The molecule has 0 aromatic heterocycles. The van der Waals surface area contributed by atoms with Crippen molar-refractivity contribution >= 4 is 0 Å². The highest BCUT2D eigenvalue weighted by Crippen LogP contribution is 2.21. The van der Waals surface area contributed by atoms with Crippen LogP contribution in [0.3, 0.4) is 0 Å². The zero-order valence-electron chi connectivity index (χ0n) is 5.93. The van der Waals surface area contributed by atoms with Crippen molar-refractivity contribution in [1.82, 2.24) is 0 Å². The van der Waals surface area contributed by atoms with Crippen LogP contribution >= 0.6 is 0 Å². The molecule has 1 atom stereocenters. The van der Waals surface area contributed by atoms with Crippen molar-refractivity contribution < 1.29 is 5.11 Å². The van der Waals surface area contributed by atoms with E-state index in [0.717, 1.165) is 6.42 Å². The lowest BCUT2D eigenvalue weighted by Gasteiger charge is -2.02. The van der Waals surface area contributed by atoms with Crippen LogP contribution in [0, 0.1) is 0 Å². The molecule has 0 saturated carbocycles. The maximum Gasteiger partial charge on any atom is 0.0549 e. The fourth-order valence-corrected chi connectivity index (χ4v) is 1.30. The molecule has 9 heavy (non-hydrogen) atoms. The summed E-state index contributed by atoms with van der Waals surface area (Å²) in [6.07, 6.45) is 6.73. The van der Waals surface area contributed by atoms with Crippen LogP contribution < -0.4 is 0 Å². The smallest absolute Gasteiger partial charge is 0.0549 e. The number of aliphatic hydroxyl groups is 1. The molecule has 1 unspecified atom stereocenters. The molecule has 0 spiro atoms. The van der Waals surface area contributed by atoms with Gasteiger partial charge in [0.05, 0.1) is 6.10 Å². The summed E-state index contributed by atoms with van der Waals surface area (Å²) in [5.74, 6) is 0. The molecule has 1 N–H and O–H groups in total. The van der Waals surface area contributed by atoms with Crippen LogP contribution in [0.4, 0.5) is 0 Å². The Morgan fingerprint density at radius 3 is 3.00 bits per heavy atom. The van der Waals surface area contributed by atoms with Gasteiger partial charge in [0.15, 0.2) is 0 Å². The highest BCUT2D eigenvalue weighted by molar-refractivity contribution is 5.07. The van der Waals surface area contributed by atoms with Crippen LogP contribution in [0.1, 0.15) is 32.6 Å². The predicted molar refractivity (Wildman–Crippen MR) is 38.2 cm³/mol. The Morgan fingerprint density at radius 2 is 2.56 bits per heavy atom. The normalized spacial score (nSPS) is 21.8. The van der Waals surface area contributed by atoms with Gasteiger partial charge in [-0.25, -0.2) is 0 Å². The Morgan fingerprint density at radius 1 is 1.78 bits per heavy atom. The first-order valence-electron chi connectivity index (χ1n) is 3.65. The molecule has 0 saturated heterocycles. The molecule has 1 aliphatic rings. The van der Waals surface area contributed by atoms with E-state index in [1.807, 2.05) is 6.92 Å². The fourth-order valence-electron chi connectivity index (χ4n) is 1.30. The van der Waals surface area contributed by atoms with Crippen LogP contribution in [0.15, 0.2) is 11.6 Å². The second kappa shape index (κ2) is 3.02. The summed E-state index contributed by atoms with van der Waals surface area (Å²) in [6.45, 7) is 1.85. The van der Waals surface area contributed by atoms with E-state index < -0.39 is 0 Å². The average molecular weight is 126 g/mol. The Balaban J connectivity index is 2.26. The maximum atomic E-state index is 8.97. The van der Waals surface area contributed by atoms with Gasteiger partial charge in [-0.3, -0.25) is 0 Å². The summed E-state index contributed by atoms with van der Waals surface area (Å²) in [7, 11) is 0. The van der Waals surface area contributed by atoms with E-state index in [0.29, 0.717) is 0 Å². The van der Waals surface area contributed by atoms with Gasteiger partial charge < -0.3 is 5.11 Å². The zero-order valence-corrected chi connectivity index (χ0v) is 5.93. The number of rotatable bonds is 2. The van der Waals surface area contributed by atoms with E-state index in [1.165, 1.54) is 24.8 Å². The molecule has 0 amide bonds. The molecule has 52 valence electrons. The molecule has 0 aliphatic heterocycles.